The van der Waals surface area contributed by atoms with Crippen molar-refractivity contribution >= 4 is 11.3 Å². The highest BCUT2D eigenvalue weighted by atomic mass is 32.1. The third kappa shape index (κ3) is 3.08. The van der Waals surface area contributed by atoms with Gasteiger partial charge in [0.2, 0.25) is 5.89 Å². The Kier molecular flexibility index (Phi) is 3.87. The van der Waals surface area contributed by atoms with E-state index in [0.717, 1.165) is 24.6 Å². The van der Waals surface area contributed by atoms with Crippen LogP contribution in [0.4, 0.5) is 0 Å². The van der Waals surface area contributed by atoms with E-state index in [1.807, 2.05) is 17.5 Å². The van der Waals surface area contributed by atoms with Crippen LogP contribution in [0.5, 0.6) is 0 Å². The Morgan fingerprint density at radius 2 is 2.15 bits per heavy atom. The second-order valence-electron chi connectivity index (χ2n) is 6.02. The van der Waals surface area contributed by atoms with E-state index in [1.165, 1.54) is 22.7 Å². The van der Waals surface area contributed by atoms with Crippen molar-refractivity contribution in [2.24, 2.45) is 0 Å². The largest absolute Gasteiger partial charge is 0.339 e. The Morgan fingerprint density at radius 3 is 2.80 bits per heavy atom. The van der Waals surface area contributed by atoms with Crippen molar-refractivity contribution in [3.05, 3.63) is 27.8 Å². The topological polar surface area (TPSA) is 51.8 Å². The van der Waals surface area contributed by atoms with Gasteiger partial charge in [-0.05, 0) is 25.7 Å². The molecule has 0 saturated heterocycles. The summed E-state index contributed by atoms with van der Waals surface area (Å²) in [4.78, 5) is 10.3. The number of hydrogen-bond acceptors (Lipinski definition) is 5. The summed E-state index contributed by atoms with van der Waals surface area (Å²) in [6.45, 7) is 6.53. The number of rotatable bonds is 6. The van der Waals surface area contributed by atoms with Crippen LogP contribution in [-0.4, -0.2) is 15.1 Å². The summed E-state index contributed by atoms with van der Waals surface area (Å²) in [6, 6.07) is 0. The van der Waals surface area contributed by atoms with Gasteiger partial charge in [-0.1, -0.05) is 25.9 Å². The molecule has 20 heavy (non-hydrogen) atoms. The number of nitrogens with zero attached hydrogens (tertiary/aromatic N) is 3. The summed E-state index contributed by atoms with van der Waals surface area (Å²) >= 11 is 1.82. The standard InChI is InChI=1S/C15H21N3OS/c1-9(2)15-16-8-12(20-15)7-4-10(3)14-17-13(18-19-14)11-5-6-11/h8-11H,4-7H2,1-3H3. The molecule has 1 atom stereocenters. The number of thiazole rings is 1. The first-order valence-electron chi connectivity index (χ1n) is 7.41. The third-order valence-electron chi connectivity index (χ3n) is 3.71. The molecule has 1 aliphatic rings. The molecule has 2 aromatic heterocycles. The second-order valence-corrected chi connectivity index (χ2v) is 7.17. The van der Waals surface area contributed by atoms with Gasteiger partial charge in [0.25, 0.3) is 0 Å². The zero-order valence-corrected chi connectivity index (χ0v) is 13.1. The van der Waals surface area contributed by atoms with Crippen LogP contribution in [0.2, 0.25) is 0 Å². The van der Waals surface area contributed by atoms with Gasteiger partial charge in [0, 0.05) is 28.8 Å². The first kappa shape index (κ1) is 13.7. The minimum atomic E-state index is 0.319. The van der Waals surface area contributed by atoms with Gasteiger partial charge in [0.1, 0.15) is 0 Å². The van der Waals surface area contributed by atoms with Crippen LogP contribution in [0, 0.1) is 0 Å². The first-order valence-corrected chi connectivity index (χ1v) is 8.23. The van der Waals surface area contributed by atoms with Crippen LogP contribution < -0.4 is 0 Å². The molecule has 0 N–H and O–H groups in total. The van der Waals surface area contributed by atoms with E-state index in [-0.39, 0.29) is 0 Å². The van der Waals surface area contributed by atoms with Crippen LogP contribution in [0.25, 0.3) is 0 Å². The van der Waals surface area contributed by atoms with E-state index in [9.17, 15) is 0 Å². The number of aryl methyl sites for hydroxylation is 1. The van der Waals surface area contributed by atoms with Gasteiger partial charge in [-0.2, -0.15) is 4.98 Å². The van der Waals surface area contributed by atoms with Crippen molar-refractivity contribution in [3.8, 4) is 0 Å². The predicted molar refractivity (Wildman–Crippen MR) is 79.2 cm³/mol. The lowest BCUT2D eigenvalue weighted by Gasteiger charge is -2.04. The summed E-state index contributed by atoms with van der Waals surface area (Å²) in [6.07, 6.45) is 6.51. The normalized spacial score (nSPS) is 16.8. The molecule has 0 spiro atoms. The zero-order valence-electron chi connectivity index (χ0n) is 12.3. The van der Waals surface area contributed by atoms with Gasteiger partial charge in [0.15, 0.2) is 5.82 Å². The van der Waals surface area contributed by atoms with Crippen molar-refractivity contribution < 1.29 is 4.52 Å². The molecule has 0 amide bonds. The SMILES string of the molecule is CC(C)c1ncc(CCC(C)c2nc(C3CC3)no2)s1. The van der Waals surface area contributed by atoms with Crippen molar-refractivity contribution in [1.29, 1.82) is 0 Å². The number of aromatic nitrogens is 3. The predicted octanol–water partition coefficient (Wildman–Crippen LogP) is 4.26. The monoisotopic (exact) mass is 291 g/mol. The molecule has 0 radical (unpaired) electrons. The second kappa shape index (κ2) is 5.64. The van der Waals surface area contributed by atoms with Gasteiger partial charge in [-0.3, -0.25) is 0 Å². The van der Waals surface area contributed by atoms with E-state index in [4.69, 9.17) is 4.52 Å². The first-order chi connectivity index (χ1) is 9.63. The van der Waals surface area contributed by atoms with Crippen molar-refractivity contribution in [1.82, 2.24) is 15.1 Å². The fourth-order valence-corrected chi connectivity index (χ4v) is 3.08. The summed E-state index contributed by atoms with van der Waals surface area (Å²) in [5.41, 5.74) is 0. The summed E-state index contributed by atoms with van der Waals surface area (Å²) < 4.78 is 5.39. The van der Waals surface area contributed by atoms with Crippen molar-refractivity contribution in [2.45, 2.75) is 64.2 Å². The lowest BCUT2D eigenvalue weighted by atomic mass is 10.1. The average molecular weight is 291 g/mol. The van der Waals surface area contributed by atoms with Gasteiger partial charge in [-0.15, -0.1) is 11.3 Å². The molecule has 2 aromatic rings. The van der Waals surface area contributed by atoms with Gasteiger partial charge < -0.3 is 4.52 Å². The third-order valence-corrected chi connectivity index (χ3v) is 5.07. The Bertz CT molecular complexity index is 571. The van der Waals surface area contributed by atoms with Crippen molar-refractivity contribution in [2.75, 3.05) is 0 Å². The fraction of sp³-hybridized carbons (Fsp3) is 0.667. The summed E-state index contributed by atoms with van der Waals surface area (Å²) in [5.74, 6) is 3.10. The van der Waals surface area contributed by atoms with Gasteiger partial charge in [-0.25, -0.2) is 4.98 Å². The lowest BCUT2D eigenvalue weighted by Crippen LogP contribution is -1.96. The van der Waals surface area contributed by atoms with Crippen LogP contribution in [0.15, 0.2) is 10.7 Å². The molecular formula is C15H21N3OS. The molecular weight excluding hydrogens is 270 g/mol. The molecule has 5 heteroatoms. The van der Waals surface area contributed by atoms with Gasteiger partial charge in [0.05, 0.1) is 5.01 Å². The molecule has 1 fully saturated rings. The van der Waals surface area contributed by atoms with Crippen LogP contribution in [0.1, 0.15) is 79.4 Å². The highest BCUT2D eigenvalue weighted by Gasteiger charge is 2.29. The van der Waals surface area contributed by atoms with Crippen LogP contribution in [-0.2, 0) is 6.42 Å². The minimum absolute atomic E-state index is 0.319. The Morgan fingerprint density at radius 1 is 1.35 bits per heavy atom. The van der Waals surface area contributed by atoms with Crippen molar-refractivity contribution in [3.63, 3.8) is 0 Å². The smallest absolute Gasteiger partial charge is 0.229 e. The molecule has 0 bridgehead atoms. The minimum Gasteiger partial charge on any atom is -0.339 e. The maximum Gasteiger partial charge on any atom is 0.229 e. The van der Waals surface area contributed by atoms with E-state index in [1.54, 1.807) is 0 Å². The quantitative estimate of drug-likeness (QED) is 0.797. The molecule has 1 unspecified atom stereocenters. The molecule has 1 saturated carbocycles. The Hall–Kier alpha value is -1.23. The molecule has 1 aliphatic carbocycles. The molecule has 0 aromatic carbocycles. The van der Waals surface area contributed by atoms with Gasteiger partial charge >= 0.3 is 0 Å². The molecule has 2 heterocycles. The van der Waals surface area contributed by atoms with Crippen LogP contribution in [0.3, 0.4) is 0 Å². The van der Waals surface area contributed by atoms with E-state index in [0.29, 0.717) is 17.8 Å². The molecule has 108 valence electrons. The van der Waals surface area contributed by atoms with E-state index >= 15 is 0 Å². The Balaban J connectivity index is 1.56. The molecule has 3 rings (SSSR count). The van der Waals surface area contributed by atoms with E-state index < -0.39 is 0 Å². The summed E-state index contributed by atoms with van der Waals surface area (Å²) in [5, 5.41) is 5.31. The molecule has 4 nitrogen and oxygen atoms in total. The average Bonchev–Trinajstić information content (AvgIpc) is 2.98. The van der Waals surface area contributed by atoms with E-state index in [2.05, 4.69) is 35.9 Å². The maximum absolute atomic E-state index is 5.39. The highest BCUT2D eigenvalue weighted by Crippen LogP contribution is 2.38. The van der Waals surface area contributed by atoms with Crippen LogP contribution >= 0.6 is 11.3 Å². The Labute approximate surface area is 123 Å². The fourth-order valence-electron chi connectivity index (χ4n) is 2.14. The maximum atomic E-state index is 5.39. The number of hydrogen-bond donors (Lipinski definition) is 0. The highest BCUT2D eigenvalue weighted by molar-refractivity contribution is 7.11. The lowest BCUT2D eigenvalue weighted by molar-refractivity contribution is 0.350. The zero-order chi connectivity index (χ0) is 14.1. The summed E-state index contributed by atoms with van der Waals surface area (Å²) in [7, 11) is 0. The molecule has 0 aliphatic heterocycles.